The molecule has 0 saturated heterocycles. The molecule has 1 heterocycles. The summed E-state index contributed by atoms with van der Waals surface area (Å²) in [6.45, 7) is 3.69. The minimum atomic E-state index is -3.66. The summed E-state index contributed by atoms with van der Waals surface area (Å²) < 4.78 is 27.0. The fraction of sp³-hybridized carbons (Fsp3) is 0.353. The summed E-state index contributed by atoms with van der Waals surface area (Å²) in [4.78, 5) is 12.6. The van der Waals surface area contributed by atoms with Gasteiger partial charge in [0.1, 0.15) is 0 Å². The van der Waals surface area contributed by atoms with Crippen LogP contribution in [0.3, 0.4) is 0 Å². The molecule has 2 aromatic rings. The van der Waals surface area contributed by atoms with E-state index in [-0.39, 0.29) is 23.3 Å². The second-order valence-electron chi connectivity index (χ2n) is 5.89. The van der Waals surface area contributed by atoms with Crippen molar-refractivity contribution in [2.75, 3.05) is 11.9 Å². The molecular formula is C17H22N2O4S2. The Morgan fingerprint density at radius 1 is 1.20 bits per heavy atom. The average molecular weight is 383 g/mol. The maximum atomic E-state index is 12.3. The van der Waals surface area contributed by atoms with Crippen molar-refractivity contribution < 1.29 is 18.3 Å². The maximum Gasteiger partial charge on any atom is 0.240 e. The van der Waals surface area contributed by atoms with Gasteiger partial charge in [-0.3, -0.25) is 4.79 Å². The lowest BCUT2D eigenvalue weighted by Gasteiger charge is -2.11. The Morgan fingerprint density at radius 3 is 2.44 bits per heavy atom. The van der Waals surface area contributed by atoms with E-state index in [1.54, 1.807) is 26.0 Å². The van der Waals surface area contributed by atoms with E-state index in [4.69, 9.17) is 0 Å². The Labute approximate surface area is 151 Å². The fourth-order valence-corrected chi connectivity index (χ4v) is 3.83. The van der Waals surface area contributed by atoms with E-state index < -0.39 is 16.1 Å². The standard InChI is InChI=1S/C17H22N2O4S2/c1-12(2)17(21)19-13-5-7-14(8-6-13)25(22,23)18-10-9-15(20)16-4-3-11-24-16/h3-8,11-12,15,18,20H,9-10H2,1-2H3,(H,19,21)/t15-/m1/s1. The molecule has 0 bridgehead atoms. The number of thiophene rings is 1. The zero-order valence-electron chi connectivity index (χ0n) is 14.1. The van der Waals surface area contributed by atoms with Gasteiger partial charge in [0, 0.05) is 23.0 Å². The topological polar surface area (TPSA) is 95.5 Å². The highest BCUT2D eigenvalue weighted by Crippen LogP contribution is 2.21. The molecule has 0 unspecified atom stereocenters. The second-order valence-corrected chi connectivity index (χ2v) is 8.63. The molecule has 0 fully saturated rings. The smallest absolute Gasteiger partial charge is 0.240 e. The van der Waals surface area contributed by atoms with Gasteiger partial charge in [0.2, 0.25) is 15.9 Å². The molecule has 0 aliphatic rings. The van der Waals surface area contributed by atoms with Crippen molar-refractivity contribution in [3.63, 3.8) is 0 Å². The Kier molecular flexibility index (Phi) is 6.71. The van der Waals surface area contributed by atoms with Gasteiger partial charge >= 0.3 is 0 Å². The molecule has 0 spiro atoms. The molecule has 6 nitrogen and oxygen atoms in total. The largest absolute Gasteiger partial charge is 0.388 e. The summed E-state index contributed by atoms with van der Waals surface area (Å²) in [5.41, 5.74) is 0.547. The van der Waals surface area contributed by atoms with Gasteiger partial charge in [-0.15, -0.1) is 11.3 Å². The molecule has 136 valence electrons. The van der Waals surface area contributed by atoms with Gasteiger partial charge in [-0.1, -0.05) is 19.9 Å². The Bertz CT molecular complexity index is 785. The monoisotopic (exact) mass is 382 g/mol. The number of carbonyl (C=O) groups excluding carboxylic acids is 1. The molecule has 1 atom stereocenters. The summed E-state index contributed by atoms with van der Waals surface area (Å²) in [5, 5.41) is 14.5. The summed E-state index contributed by atoms with van der Waals surface area (Å²) in [5.74, 6) is -0.281. The third-order valence-corrected chi connectivity index (χ3v) is 5.99. The van der Waals surface area contributed by atoms with Gasteiger partial charge in [0.15, 0.2) is 0 Å². The van der Waals surface area contributed by atoms with Crippen LogP contribution in [0.2, 0.25) is 0 Å². The van der Waals surface area contributed by atoms with Crippen LogP contribution in [0.5, 0.6) is 0 Å². The predicted molar refractivity (Wildman–Crippen MR) is 99.0 cm³/mol. The van der Waals surface area contributed by atoms with Crippen LogP contribution in [0.1, 0.15) is 31.2 Å². The molecule has 1 amide bonds. The van der Waals surface area contributed by atoms with Crippen molar-refractivity contribution in [2.24, 2.45) is 5.92 Å². The summed E-state index contributed by atoms with van der Waals surface area (Å²) in [6, 6.07) is 9.63. The summed E-state index contributed by atoms with van der Waals surface area (Å²) in [7, 11) is -3.66. The molecule has 0 radical (unpaired) electrons. The number of aliphatic hydroxyl groups is 1. The van der Waals surface area contributed by atoms with Crippen molar-refractivity contribution >= 4 is 33.0 Å². The number of aliphatic hydroxyl groups excluding tert-OH is 1. The molecule has 3 N–H and O–H groups in total. The van der Waals surface area contributed by atoms with Crippen molar-refractivity contribution in [2.45, 2.75) is 31.3 Å². The third kappa shape index (κ3) is 5.64. The fourth-order valence-electron chi connectivity index (χ4n) is 2.04. The van der Waals surface area contributed by atoms with Crippen molar-refractivity contribution in [1.29, 1.82) is 0 Å². The average Bonchev–Trinajstić information content (AvgIpc) is 3.09. The maximum absolute atomic E-state index is 12.3. The SMILES string of the molecule is CC(C)C(=O)Nc1ccc(S(=O)(=O)NCC[C@@H](O)c2cccs2)cc1. The first-order valence-electron chi connectivity index (χ1n) is 7.91. The first-order chi connectivity index (χ1) is 11.8. The molecule has 25 heavy (non-hydrogen) atoms. The number of benzene rings is 1. The molecule has 1 aromatic carbocycles. The number of amides is 1. The molecule has 0 aliphatic heterocycles. The Morgan fingerprint density at radius 2 is 1.88 bits per heavy atom. The zero-order valence-corrected chi connectivity index (χ0v) is 15.7. The van der Waals surface area contributed by atoms with Crippen LogP contribution >= 0.6 is 11.3 Å². The minimum absolute atomic E-state index is 0.112. The van der Waals surface area contributed by atoms with Gasteiger partial charge in [0.05, 0.1) is 11.0 Å². The normalized spacial score (nSPS) is 13.0. The number of hydrogen-bond donors (Lipinski definition) is 3. The van der Waals surface area contributed by atoms with Crippen LogP contribution in [0.25, 0.3) is 0 Å². The van der Waals surface area contributed by atoms with E-state index in [9.17, 15) is 18.3 Å². The highest BCUT2D eigenvalue weighted by atomic mass is 32.2. The van der Waals surface area contributed by atoms with Crippen molar-refractivity contribution in [3.8, 4) is 0 Å². The van der Waals surface area contributed by atoms with Gasteiger partial charge in [-0.2, -0.15) is 0 Å². The van der Waals surface area contributed by atoms with Gasteiger partial charge in [-0.05, 0) is 42.1 Å². The van der Waals surface area contributed by atoms with E-state index in [0.717, 1.165) is 4.88 Å². The van der Waals surface area contributed by atoms with Gasteiger partial charge in [-0.25, -0.2) is 13.1 Å². The highest BCUT2D eigenvalue weighted by Gasteiger charge is 2.16. The number of nitrogens with one attached hydrogen (secondary N) is 2. The quantitative estimate of drug-likeness (QED) is 0.654. The van der Waals surface area contributed by atoms with Crippen molar-refractivity contribution in [1.82, 2.24) is 4.72 Å². The van der Waals surface area contributed by atoms with E-state index in [1.807, 2.05) is 17.5 Å². The van der Waals surface area contributed by atoms with Crippen LogP contribution in [0.15, 0.2) is 46.7 Å². The van der Waals surface area contributed by atoms with Crippen molar-refractivity contribution in [3.05, 3.63) is 46.7 Å². The second kappa shape index (κ2) is 8.57. The third-order valence-electron chi connectivity index (χ3n) is 3.54. The number of carbonyl (C=O) groups is 1. The van der Waals surface area contributed by atoms with Crippen LogP contribution < -0.4 is 10.0 Å². The first kappa shape index (κ1) is 19.6. The Balaban J connectivity index is 1.91. The Hall–Kier alpha value is -1.74. The lowest BCUT2D eigenvalue weighted by Crippen LogP contribution is -2.26. The minimum Gasteiger partial charge on any atom is -0.388 e. The number of hydrogen-bond acceptors (Lipinski definition) is 5. The lowest BCUT2D eigenvalue weighted by molar-refractivity contribution is -0.118. The first-order valence-corrected chi connectivity index (χ1v) is 10.3. The van der Waals surface area contributed by atoms with E-state index >= 15 is 0 Å². The molecule has 8 heteroatoms. The van der Waals surface area contributed by atoms with E-state index in [1.165, 1.54) is 23.5 Å². The number of rotatable bonds is 8. The number of anilines is 1. The zero-order chi connectivity index (χ0) is 18.4. The molecule has 1 aromatic heterocycles. The molecule has 0 aliphatic carbocycles. The summed E-state index contributed by atoms with van der Waals surface area (Å²) >= 11 is 1.43. The summed E-state index contributed by atoms with van der Waals surface area (Å²) in [6.07, 6.45) is -0.390. The molecule has 0 saturated carbocycles. The van der Waals surface area contributed by atoms with Crippen LogP contribution in [-0.4, -0.2) is 26.0 Å². The van der Waals surface area contributed by atoms with Gasteiger partial charge < -0.3 is 10.4 Å². The number of sulfonamides is 1. The van der Waals surface area contributed by atoms with Crippen LogP contribution in [-0.2, 0) is 14.8 Å². The van der Waals surface area contributed by atoms with Crippen LogP contribution in [0.4, 0.5) is 5.69 Å². The lowest BCUT2D eigenvalue weighted by atomic mass is 10.2. The van der Waals surface area contributed by atoms with E-state index in [2.05, 4.69) is 10.0 Å². The van der Waals surface area contributed by atoms with Crippen LogP contribution in [0, 0.1) is 5.92 Å². The van der Waals surface area contributed by atoms with E-state index in [0.29, 0.717) is 12.1 Å². The molecular weight excluding hydrogens is 360 g/mol. The van der Waals surface area contributed by atoms with Gasteiger partial charge in [0.25, 0.3) is 0 Å². The highest BCUT2D eigenvalue weighted by molar-refractivity contribution is 7.89. The molecule has 2 rings (SSSR count). The predicted octanol–water partition coefficient (Wildman–Crippen LogP) is 2.74.